The van der Waals surface area contributed by atoms with E-state index in [1.807, 2.05) is 86.6 Å². The van der Waals surface area contributed by atoms with Crippen LogP contribution < -0.4 is 24.6 Å². The number of hydrogen-bond donors (Lipinski definition) is 1. The Morgan fingerprint density at radius 1 is 0.796 bits per heavy atom. The van der Waals surface area contributed by atoms with Crippen LogP contribution >= 0.6 is 11.6 Å². The molecule has 5 aromatic rings. The Morgan fingerprint density at radius 3 is 2.00 bits per heavy atom. The van der Waals surface area contributed by atoms with Gasteiger partial charge in [0.15, 0.2) is 11.5 Å². The number of amides is 4. The van der Waals surface area contributed by atoms with Gasteiger partial charge in [-0.1, -0.05) is 102 Å². The van der Waals surface area contributed by atoms with Crippen molar-refractivity contribution in [3.63, 3.8) is 0 Å². The molecule has 1 N–H and O–H groups in total. The number of imide groups is 2. The van der Waals surface area contributed by atoms with Crippen molar-refractivity contribution >= 4 is 46.9 Å². The average Bonchev–Trinajstić information content (AvgIpc) is 3.18. The van der Waals surface area contributed by atoms with E-state index >= 15 is 0 Å². The molecular formula is C45H40ClN3O5. The van der Waals surface area contributed by atoms with E-state index in [4.69, 9.17) is 21.1 Å². The number of anilines is 2. The second kappa shape index (κ2) is 14.9. The minimum Gasteiger partial charge on any atom is -0.490 e. The van der Waals surface area contributed by atoms with E-state index in [0.717, 1.165) is 53.1 Å². The molecule has 3 aliphatic rings. The molecule has 0 unspecified atom stereocenters. The lowest BCUT2D eigenvalue weighted by Gasteiger charge is -2.44. The standard InChI is InChI=1S/C45H40ClN3O5/c1-3-53-40-24-30(23-39(46)42(40)54-27-29-16-14-28(2)15-17-29)22-38-43(50)47-45(52)49(44(38)51)33-25-36-34(31-10-6-4-7-11-31)18-20-48-21-19-35(37(26-33)41(36)48)32-12-8-5-9-13-32/h4-17,22-26,34-35H,3,18-21,27H2,1-2H3,(H,47,50,52)/b38-22+/t34-,35+. The van der Waals surface area contributed by atoms with Gasteiger partial charge >= 0.3 is 6.03 Å². The summed E-state index contributed by atoms with van der Waals surface area (Å²) in [7, 11) is 0. The van der Waals surface area contributed by atoms with Crippen molar-refractivity contribution in [1.29, 1.82) is 0 Å². The number of benzene rings is 5. The predicted molar refractivity (Wildman–Crippen MR) is 212 cm³/mol. The molecule has 2 atom stereocenters. The molecule has 0 bridgehead atoms. The van der Waals surface area contributed by atoms with E-state index in [2.05, 4.69) is 34.5 Å². The summed E-state index contributed by atoms with van der Waals surface area (Å²) in [5, 5.41) is 2.68. The number of aryl methyl sites for hydroxylation is 1. The van der Waals surface area contributed by atoms with Crippen molar-refractivity contribution in [3.8, 4) is 11.5 Å². The van der Waals surface area contributed by atoms with Crippen LogP contribution in [0.15, 0.2) is 115 Å². The molecule has 0 aromatic heterocycles. The first-order valence-electron chi connectivity index (χ1n) is 18.4. The third-order valence-corrected chi connectivity index (χ3v) is 10.8. The number of ether oxygens (including phenoxy) is 2. The lowest BCUT2D eigenvalue weighted by molar-refractivity contribution is -0.122. The number of halogens is 1. The lowest BCUT2D eigenvalue weighted by Crippen LogP contribution is -2.54. The third kappa shape index (κ3) is 6.74. The van der Waals surface area contributed by atoms with Crippen LogP contribution in [0.4, 0.5) is 16.2 Å². The maximum atomic E-state index is 14.4. The Balaban J connectivity index is 1.19. The van der Waals surface area contributed by atoms with E-state index in [1.165, 1.54) is 22.9 Å². The first-order valence-corrected chi connectivity index (χ1v) is 18.8. The first-order chi connectivity index (χ1) is 26.3. The Bertz CT molecular complexity index is 2200. The van der Waals surface area contributed by atoms with Crippen molar-refractivity contribution in [3.05, 3.63) is 159 Å². The van der Waals surface area contributed by atoms with Crippen LogP contribution in [0, 0.1) is 6.92 Å². The summed E-state index contributed by atoms with van der Waals surface area (Å²) in [5.41, 5.74) is 8.43. The molecule has 0 radical (unpaired) electrons. The number of barbiturate groups is 1. The smallest absolute Gasteiger partial charge is 0.335 e. The summed E-state index contributed by atoms with van der Waals surface area (Å²) in [4.78, 5) is 45.0. The normalized spacial score (nSPS) is 18.7. The molecule has 0 saturated carbocycles. The monoisotopic (exact) mass is 737 g/mol. The molecule has 4 amide bonds. The van der Waals surface area contributed by atoms with Crippen LogP contribution in [-0.4, -0.2) is 37.5 Å². The molecule has 5 aromatic carbocycles. The van der Waals surface area contributed by atoms with Crippen LogP contribution in [0.1, 0.15) is 70.5 Å². The van der Waals surface area contributed by atoms with Gasteiger partial charge in [-0.2, -0.15) is 0 Å². The summed E-state index contributed by atoms with van der Waals surface area (Å²) < 4.78 is 12.0. The fourth-order valence-corrected chi connectivity index (χ4v) is 8.22. The van der Waals surface area contributed by atoms with Gasteiger partial charge in [0.1, 0.15) is 12.2 Å². The van der Waals surface area contributed by atoms with Crippen LogP contribution in [0.25, 0.3) is 6.08 Å². The van der Waals surface area contributed by atoms with Crippen LogP contribution in [0.2, 0.25) is 5.02 Å². The minimum atomic E-state index is -0.793. The van der Waals surface area contributed by atoms with Crippen LogP contribution in [-0.2, 0) is 16.2 Å². The van der Waals surface area contributed by atoms with Gasteiger partial charge in [0.25, 0.3) is 11.8 Å². The largest absolute Gasteiger partial charge is 0.490 e. The van der Waals surface area contributed by atoms with Gasteiger partial charge in [-0.15, -0.1) is 0 Å². The fraction of sp³-hybridized carbons (Fsp3) is 0.222. The number of hydrogen-bond acceptors (Lipinski definition) is 6. The fourth-order valence-electron chi connectivity index (χ4n) is 7.94. The highest BCUT2D eigenvalue weighted by Crippen LogP contribution is 2.50. The zero-order valence-corrected chi connectivity index (χ0v) is 30.9. The van der Waals surface area contributed by atoms with Crippen molar-refractivity contribution < 1.29 is 23.9 Å². The summed E-state index contributed by atoms with van der Waals surface area (Å²) in [5.74, 6) is -0.647. The number of urea groups is 1. The molecule has 272 valence electrons. The van der Waals surface area contributed by atoms with Crippen LogP contribution in [0.5, 0.6) is 11.5 Å². The molecule has 3 heterocycles. The quantitative estimate of drug-likeness (QED) is 0.120. The van der Waals surface area contributed by atoms with Gasteiger partial charge in [0.2, 0.25) is 0 Å². The molecule has 0 aliphatic carbocycles. The summed E-state index contributed by atoms with van der Waals surface area (Å²) in [6.07, 6.45) is 3.24. The minimum absolute atomic E-state index is 0.0659. The van der Waals surface area contributed by atoms with Crippen molar-refractivity contribution in [2.24, 2.45) is 0 Å². The maximum absolute atomic E-state index is 14.4. The predicted octanol–water partition coefficient (Wildman–Crippen LogP) is 9.17. The Morgan fingerprint density at radius 2 is 1.41 bits per heavy atom. The highest BCUT2D eigenvalue weighted by Gasteiger charge is 2.40. The molecule has 1 fully saturated rings. The molecule has 54 heavy (non-hydrogen) atoms. The molecule has 8 nitrogen and oxygen atoms in total. The number of rotatable bonds is 9. The number of carbonyl (C=O) groups is 3. The molecule has 0 spiro atoms. The second-order valence-corrected chi connectivity index (χ2v) is 14.4. The van der Waals surface area contributed by atoms with E-state index in [0.29, 0.717) is 29.4 Å². The lowest BCUT2D eigenvalue weighted by atomic mass is 9.76. The molecule has 1 saturated heterocycles. The van der Waals surface area contributed by atoms with Gasteiger partial charge in [0, 0.05) is 30.6 Å². The van der Waals surface area contributed by atoms with E-state index < -0.39 is 17.8 Å². The highest BCUT2D eigenvalue weighted by molar-refractivity contribution is 6.39. The van der Waals surface area contributed by atoms with Crippen molar-refractivity contribution in [2.75, 3.05) is 29.5 Å². The maximum Gasteiger partial charge on any atom is 0.335 e. The summed E-state index contributed by atoms with van der Waals surface area (Å²) in [6.45, 7) is 6.30. The Hall–Kier alpha value is -5.86. The van der Waals surface area contributed by atoms with E-state index in [9.17, 15) is 14.4 Å². The van der Waals surface area contributed by atoms with Gasteiger partial charge in [-0.3, -0.25) is 14.9 Å². The van der Waals surface area contributed by atoms with Gasteiger partial charge in [0.05, 0.1) is 17.3 Å². The third-order valence-electron chi connectivity index (χ3n) is 10.5. The molecule has 3 aliphatic heterocycles. The summed E-state index contributed by atoms with van der Waals surface area (Å²) >= 11 is 6.76. The van der Waals surface area contributed by atoms with Gasteiger partial charge in [-0.05, 0) is 90.4 Å². The topological polar surface area (TPSA) is 88.2 Å². The second-order valence-electron chi connectivity index (χ2n) is 14.0. The number of nitrogens with one attached hydrogen (secondary N) is 1. The van der Waals surface area contributed by atoms with Gasteiger partial charge < -0.3 is 14.4 Å². The van der Waals surface area contributed by atoms with Crippen molar-refractivity contribution in [1.82, 2.24) is 5.32 Å². The van der Waals surface area contributed by atoms with E-state index in [1.54, 1.807) is 12.1 Å². The van der Waals surface area contributed by atoms with Gasteiger partial charge in [-0.25, -0.2) is 9.69 Å². The SMILES string of the molecule is CCOc1cc(/C=C2\C(=O)NC(=O)N(c3cc4c5c(c3)[C@H](c3ccccc3)CCN5CC[C@@H]4c3ccccc3)C2=O)cc(Cl)c1OCc1ccc(C)cc1. The molecular weight excluding hydrogens is 698 g/mol. The molecule has 9 heteroatoms. The number of carbonyl (C=O) groups excluding carboxylic acids is 3. The highest BCUT2D eigenvalue weighted by atomic mass is 35.5. The Kier molecular flexibility index (Phi) is 9.69. The van der Waals surface area contributed by atoms with Crippen molar-refractivity contribution in [2.45, 2.75) is 45.1 Å². The summed E-state index contributed by atoms with van der Waals surface area (Å²) in [6, 6.07) is 35.2. The zero-order chi connectivity index (χ0) is 37.3. The average molecular weight is 738 g/mol. The first kappa shape index (κ1) is 35.2. The zero-order valence-electron chi connectivity index (χ0n) is 30.2. The van der Waals surface area contributed by atoms with E-state index in [-0.39, 0.29) is 29.0 Å². The molecule has 8 rings (SSSR count). The van der Waals surface area contributed by atoms with Crippen LogP contribution in [0.3, 0.4) is 0 Å². The Labute approximate surface area is 320 Å². The number of nitrogens with zero attached hydrogens (tertiary/aromatic N) is 2.